The average molecular weight is 255 g/mol. The summed E-state index contributed by atoms with van der Waals surface area (Å²) in [6.45, 7) is -0.0486. The number of rotatable bonds is 2. The van der Waals surface area contributed by atoms with Crippen LogP contribution in [0.5, 0.6) is 0 Å². The summed E-state index contributed by atoms with van der Waals surface area (Å²) >= 11 is 0. The summed E-state index contributed by atoms with van der Waals surface area (Å²) < 4.78 is 26.3. The van der Waals surface area contributed by atoms with E-state index in [1.165, 1.54) is 13.1 Å². The Morgan fingerprint density at radius 1 is 1.50 bits per heavy atom. The minimum atomic E-state index is -2.66. The Kier molecular flexibility index (Phi) is 3.11. The number of alkyl halides is 2. The van der Waals surface area contributed by atoms with Crippen LogP contribution in [0.1, 0.15) is 16.8 Å². The van der Waals surface area contributed by atoms with Crippen LogP contribution in [-0.2, 0) is 0 Å². The molecule has 1 aromatic carbocycles. The quantitative estimate of drug-likeness (QED) is 0.787. The molecule has 1 fully saturated rings. The monoisotopic (exact) mass is 255 g/mol. The first-order chi connectivity index (χ1) is 8.43. The molecule has 1 saturated heterocycles. The molecule has 1 aromatic rings. The van der Waals surface area contributed by atoms with Gasteiger partial charge in [-0.1, -0.05) is 0 Å². The molecular formula is C12H15F2N3O. The standard InChI is InChI=1S/C12H15F2N3O/c1-16-11(18)8-2-3-10(9(15)6-8)17-5-4-12(13,14)7-17/h2-3,6H,4-5,7,15H2,1H3,(H,16,18). The number of anilines is 2. The lowest BCUT2D eigenvalue weighted by atomic mass is 10.1. The number of carbonyl (C=O) groups excluding carboxylic acids is 1. The van der Waals surface area contributed by atoms with Crippen molar-refractivity contribution in [3.63, 3.8) is 0 Å². The second kappa shape index (κ2) is 4.44. The number of nitrogen functional groups attached to an aromatic ring is 1. The van der Waals surface area contributed by atoms with E-state index >= 15 is 0 Å². The Hall–Kier alpha value is -1.85. The Balaban J connectivity index is 2.23. The number of halogens is 2. The molecule has 0 bridgehead atoms. The number of nitrogens with one attached hydrogen (secondary N) is 1. The molecule has 3 N–H and O–H groups in total. The van der Waals surface area contributed by atoms with Gasteiger partial charge in [0.1, 0.15) is 0 Å². The molecule has 0 radical (unpaired) electrons. The third-order valence-electron chi connectivity index (χ3n) is 3.03. The molecule has 0 aliphatic carbocycles. The molecule has 2 rings (SSSR count). The van der Waals surface area contributed by atoms with E-state index in [1.54, 1.807) is 17.0 Å². The maximum atomic E-state index is 13.1. The van der Waals surface area contributed by atoms with Gasteiger partial charge in [-0.3, -0.25) is 4.79 Å². The van der Waals surface area contributed by atoms with Crippen LogP contribution in [0.15, 0.2) is 18.2 Å². The first-order valence-corrected chi connectivity index (χ1v) is 5.67. The zero-order valence-corrected chi connectivity index (χ0v) is 10.0. The number of nitrogens with zero attached hydrogens (tertiary/aromatic N) is 1. The second-order valence-corrected chi connectivity index (χ2v) is 4.38. The molecular weight excluding hydrogens is 240 g/mol. The first-order valence-electron chi connectivity index (χ1n) is 5.67. The van der Waals surface area contributed by atoms with Crippen molar-refractivity contribution >= 4 is 17.3 Å². The predicted octanol–water partition coefficient (Wildman–Crippen LogP) is 1.47. The molecule has 0 unspecified atom stereocenters. The van der Waals surface area contributed by atoms with Crippen LogP contribution in [0.3, 0.4) is 0 Å². The molecule has 98 valence electrons. The maximum Gasteiger partial charge on any atom is 0.266 e. The fourth-order valence-electron chi connectivity index (χ4n) is 2.07. The van der Waals surface area contributed by atoms with Crippen molar-refractivity contribution in [3.05, 3.63) is 23.8 Å². The van der Waals surface area contributed by atoms with Gasteiger partial charge in [0.2, 0.25) is 0 Å². The van der Waals surface area contributed by atoms with E-state index in [4.69, 9.17) is 5.73 Å². The molecule has 1 aliphatic rings. The van der Waals surface area contributed by atoms with Crippen molar-refractivity contribution in [3.8, 4) is 0 Å². The number of carbonyl (C=O) groups is 1. The van der Waals surface area contributed by atoms with Crippen molar-refractivity contribution in [2.45, 2.75) is 12.3 Å². The summed E-state index contributed by atoms with van der Waals surface area (Å²) in [6, 6.07) is 4.70. The maximum absolute atomic E-state index is 13.1. The van der Waals surface area contributed by atoms with E-state index < -0.39 is 5.92 Å². The average Bonchev–Trinajstić information content (AvgIpc) is 2.68. The lowest BCUT2D eigenvalue weighted by molar-refractivity contribution is 0.0257. The highest BCUT2D eigenvalue weighted by Gasteiger charge is 2.38. The SMILES string of the molecule is CNC(=O)c1ccc(N2CCC(F)(F)C2)c(N)c1. The van der Waals surface area contributed by atoms with Gasteiger partial charge < -0.3 is 16.0 Å². The third kappa shape index (κ3) is 2.37. The van der Waals surface area contributed by atoms with Gasteiger partial charge in [-0.25, -0.2) is 8.78 Å². The van der Waals surface area contributed by atoms with Gasteiger partial charge in [0.15, 0.2) is 0 Å². The normalized spacial score (nSPS) is 17.8. The Morgan fingerprint density at radius 2 is 2.22 bits per heavy atom. The lowest BCUT2D eigenvalue weighted by Gasteiger charge is -2.20. The zero-order chi connectivity index (χ0) is 13.3. The van der Waals surface area contributed by atoms with E-state index in [2.05, 4.69) is 5.32 Å². The largest absolute Gasteiger partial charge is 0.397 e. The van der Waals surface area contributed by atoms with Gasteiger partial charge in [-0.15, -0.1) is 0 Å². The van der Waals surface area contributed by atoms with Crippen molar-refractivity contribution in [1.29, 1.82) is 0 Å². The highest BCUT2D eigenvalue weighted by molar-refractivity contribution is 5.96. The number of nitrogens with two attached hydrogens (primary N) is 1. The van der Waals surface area contributed by atoms with Crippen LogP contribution in [0.25, 0.3) is 0 Å². The molecule has 0 atom stereocenters. The van der Waals surface area contributed by atoms with Crippen LogP contribution in [0.4, 0.5) is 20.2 Å². The summed E-state index contributed by atoms with van der Waals surface area (Å²) in [5.41, 5.74) is 7.13. The fourth-order valence-corrected chi connectivity index (χ4v) is 2.07. The Morgan fingerprint density at radius 3 is 2.72 bits per heavy atom. The Bertz CT molecular complexity index is 476. The van der Waals surface area contributed by atoms with E-state index in [-0.39, 0.29) is 25.4 Å². The van der Waals surface area contributed by atoms with Crippen molar-refractivity contribution in [2.75, 3.05) is 30.8 Å². The van der Waals surface area contributed by atoms with Gasteiger partial charge >= 0.3 is 0 Å². The van der Waals surface area contributed by atoms with Gasteiger partial charge in [0.05, 0.1) is 17.9 Å². The molecule has 0 saturated carbocycles. The number of amides is 1. The molecule has 0 aromatic heterocycles. The minimum absolute atomic E-state index is 0.163. The lowest BCUT2D eigenvalue weighted by Crippen LogP contribution is -2.26. The Labute approximate surface area is 104 Å². The first kappa shape index (κ1) is 12.6. The summed E-state index contributed by atoms with van der Waals surface area (Å²) in [6.07, 6.45) is -0.163. The van der Waals surface area contributed by atoms with E-state index in [9.17, 15) is 13.6 Å². The molecule has 1 aliphatic heterocycles. The highest BCUT2D eigenvalue weighted by atomic mass is 19.3. The van der Waals surface area contributed by atoms with Crippen LogP contribution in [-0.4, -0.2) is 32.0 Å². The van der Waals surface area contributed by atoms with Crippen molar-refractivity contribution < 1.29 is 13.6 Å². The van der Waals surface area contributed by atoms with Crippen LogP contribution >= 0.6 is 0 Å². The van der Waals surface area contributed by atoms with Gasteiger partial charge in [-0.05, 0) is 18.2 Å². The summed E-state index contributed by atoms with van der Waals surface area (Å²) in [7, 11) is 1.52. The van der Waals surface area contributed by atoms with Crippen LogP contribution < -0.4 is 16.0 Å². The van der Waals surface area contributed by atoms with Crippen LogP contribution in [0.2, 0.25) is 0 Å². The fraction of sp³-hybridized carbons (Fsp3) is 0.417. The molecule has 0 spiro atoms. The van der Waals surface area contributed by atoms with E-state index in [1.807, 2.05) is 0 Å². The summed E-state index contributed by atoms with van der Waals surface area (Å²) in [5, 5.41) is 2.48. The minimum Gasteiger partial charge on any atom is -0.397 e. The molecule has 1 heterocycles. The van der Waals surface area contributed by atoms with E-state index in [0.29, 0.717) is 16.9 Å². The molecule has 6 heteroatoms. The smallest absolute Gasteiger partial charge is 0.266 e. The number of benzene rings is 1. The summed E-state index contributed by atoms with van der Waals surface area (Å²) in [5.74, 6) is -2.91. The molecule has 1 amide bonds. The molecule has 18 heavy (non-hydrogen) atoms. The van der Waals surface area contributed by atoms with Crippen molar-refractivity contribution in [1.82, 2.24) is 5.32 Å². The molecule has 4 nitrogen and oxygen atoms in total. The topological polar surface area (TPSA) is 58.4 Å². The third-order valence-corrected chi connectivity index (χ3v) is 3.03. The van der Waals surface area contributed by atoms with Gasteiger partial charge in [0, 0.05) is 25.6 Å². The van der Waals surface area contributed by atoms with Crippen LogP contribution in [0, 0.1) is 0 Å². The highest BCUT2D eigenvalue weighted by Crippen LogP contribution is 2.33. The van der Waals surface area contributed by atoms with Gasteiger partial charge in [-0.2, -0.15) is 0 Å². The van der Waals surface area contributed by atoms with Crippen molar-refractivity contribution in [2.24, 2.45) is 0 Å². The predicted molar refractivity (Wildman–Crippen MR) is 66.0 cm³/mol. The second-order valence-electron chi connectivity index (χ2n) is 4.38. The number of hydrogen-bond acceptors (Lipinski definition) is 3. The van der Waals surface area contributed by atoms with E-state index in [0.717, 1.165) is 0 Å². The van der Waals surface area contributed by atoms with Gasteiger partial charge in [0.25, 0.3) is 11.8 Å². The zero-order valence-electron chi connectivity index (χ0n) is 10.0. The summed E-state index contributed by atoms with van der Waals surface area (Å²) in [4.78, 5) is 12.9. The number of hydrogen-bond donors (Lipinski definition) is 2.